The molecule has 6 nitrogen and oxygen atoms in total. The maximum Gasteiger partial charge on any atom is 0.168 e. The minimum absolute atomic E-state index is 0.0390. The lowest BCUT2D eigenvalue weighted by Crippen LogP contribution is -2.37. The molecule has 0 bridgehead atoms. The molecule has 1 fully saturated rings. The predicted molar refractivity (Wildman–Crippen MR) is 96.4 cm³/mol. The highest BCUT2D eigenvalue weighted by Gasteiger charge is 2.31. The lowest BCUT2D eigenvalue weighted by molar-refractivity contribution is 0.474. The molecule has 1 aromatic heterocycles. The van der Waals surface area contributed by atoms with E-state index < -0.39 is 9.84 Å². The van der Waals surface area contributed by atoms with E-state index in [0.717, 1.165) is 35.0 Å². The van der Waals surface area contributed by atoms with Gasteiger partial charge in [0.2, 0.25) is 0 Å². The van der Waals surface area contributed by atoms with Crippen LogP contribution < -0.4 is 5.32 Å². The molecule has 0 unspecified atom stereocenters. The molecule has 0 amide bonds. The van der Waals surface area contributed by atoms with Crippen LogP contribution in [-0.4, -0.2) is 53.3 Å². The van der Waals surface area contributed by atoms with Crippen LogP contribution in [0.3, 0.4) is 0 Å². The van der Waals surface area contributed by atoms with Gasteiger partial charge in [-0.25, -0.2) is 8.42 Å². The average molecular weight is 359 g/mol. The van der Waals surface area contributed by atoms with E-state index in [9.17, 15) is 8.42 Å². The van der Waals surface area contributed by atoms with E-state index >= 15 is 0 Å². The van der Waals surface area contributed by atoms with Crippen molar-refractivity contribution in [2.24, 2.45) is 0 Å². The second kappa shape index (κ2) is 7.17. The average Bonchev–Trinajstić information content (AvgIpc) is 2.98. The first-order valence-corrected chi connectivity index (χ1v) is 10.2. The van der Waals surface area contributed by atoms with Gasteiger partial charge in [-0.05, 0) is 38.9 Å². The maximum atomic E-state index is 11.7. The highest BCUT2D eigenvalue weighted by atomic mass is 32.2. The fourth-order valence-electron chi connectivity index (χ4n) is 2.93. The summed E-state index contributed by atoms with van der Waals surface area (Å²) in [7, 11) is -0.953. The largest absolute Gasteiger partial charge is 0.363 e. The van der Waals surface area contributed by atoms with Crippen molar-refractivity contribution in [1.29, 1.82) is 0 Å². The molecule has 23 heavy (non-hydrogen) atoms. The van der Waals surface area contributed by atoms with Gasteiger partial charge in [-0.1, -0.05) is 6.92 Å². The SMILES string of the molecule is CCCNC(=S)N(C)Cc1c(C)nn([C@@H]2CCS(=O)(=O)C2)c1C. The van der Waals surface area contributed by atoms with Crippen LogP contribution in [0.15, 0.2) is 0 Å². The second-order valence-electron chi connectivity index (χ2n) is 6.24. The van der Waals surface area contributed by atoms with Gasteiger partial charge in [0, 0.05) is 31.4 Å². The van der Waals surface area contributed by atoms with Crippen LogP contribution >= 0.6 is 12.2 Å². The molecular weight excluding hydrogens is 332 g/mol. The third-order valence-electron chi connectivity index (χ3n) is 4.30. The van der Waals surface area contributed by atoms with Crippen molar-refractivity contribution in [3.8, 4) is 0 Å². The Morgan fingerprint density at radius 1 is 1.48 bits per heavy atom. The Hall–Kier alpha value is -1.15. The van der Waals surface area contributed by atoms with E-state index in [2.05, 4.69) is 17.3 Å². The minimum atomic E-state index is -2.91. The van der Waals surface area contributed by atoms with Crippen molar-refractivity contribution in [2.45, 2.75) is 46.2 Å². The van der Waals surface area contributed by atoms with Crippen molar-refractivity contribution < 1.29 is 8.42 Å². The molecular formula is C15H26N4O2S2. The van der Waals surface area contributed by atoms with Gasteiger partial charge in [0.25, 0.3) is 0 Å². The lowest BCUT2D eigenvalue weighted by atomic mass is 10.2. The van der Waals surface area contributed by atoms with Gasteiger partial charge in [0.15, 0.2) is 14.9 Å². The Labute approximate surface area is 144 Å². The normalized spacial score (nSPS) is 19.7. The van der Waals surface area contributed by atoms with Crippen molar-refractivity contribution in [3.05, 3.63) is 17.0 Å². The third kappa shape index (κ3) is 4.23. The molecule has 0 aliphatic carbocycles. The van der Waals surface area contributed by atoms with Crippen molar-refractivity contribution >= 4 is 27.2 Å². The summed E-state index contributed by atoms with van der Waals surface area (Å²) in [5, 5.41) is 8.53. The number of thiocarbonyl (C=S) groups is 1. The smallest absolute Gasteiger partial charge is 0.168 e. The van der Waals surface area contributed by atoms with Gasteiger partial charge in [-0.3, -0.25) is 4.68 Å². The number of aromatic nitrogens is 2. The standard InChI is InChI=1S/C15H26N4O2S2/c1-5-7-16-15(22)18(4)9-14-11(2)17-19(12(14)3)13-6-8-23(20,21)10-13/h13H,5-10H2,1-4H3,(H,16,22)/t13-/m1/s1. The van der Waals surface area contributed by atoms with Crippen LogP contribution in [-0.2, 0) is 16.4 Å². The molecule has 0 aromatic carbocycles. The van der Waals surface area contributed by atoms with Crippen LogP contribution in [0.5, 0.6) is 0 Å². The van der Waals surface area contributed by atoms with E-state index in [1.165, 1.54) is 0 Å². The van der Waals surface area contributed by atoms with Gasteiger partial charge in [-0.15, -0.1) is 0 Å². The molecule has 1 N–H and O–H groups in total. The van der Waals surface area contributed by atoms with Gasteiger partial charge >= 0.3 is 0 Å². The number of nitrogens with one attached hydrogen (secondary N) is 1. The number of nitrogens with zero attached hydrogens (tertiary/aromatic N) is 3. The fourth-order valence-corrected chi connectivity index (χ4v) is 4.78. The summed E-state index contributed by atoms with van der Waals surface area (Å²) in [6.45, 7) is 7.62. The van der Waals surface area contributed by atoms with Crippen LogP contribution in [0.2, 0.25) is 0 Å². The highest BCUT2D eigenvalue weighted by molar-refractivity contribution is 7.91. The van der Waals surface area contributed by atoms with Gasteiger partial charge < -0.3 is 10.2 Å². The summed E-state index contributed by atoms with van der Waals surface area (Å²) in [6.07, 6.45) is 1.68. The van der Waals surface area contributed by atoms with Crippen molar-refractivity contribution in [1.82, 2.24) is 20.0 Å². The van der Waals surface area contributed by atoms with Crippen molar-refractivity contribution in [3.63, 3.8) is 0 Å². The molecule has 8 heteroatoms. The third-order valence-corrected chi connectivity index (χ3v) is 6.50. The zero-order valence-electron chi connectivity index (χ0n) is 14.3. The van der Waals surface area contributed by atoms with E-state index in [1.807, 2.05) is 30.5 Å². The molecule has 0 spiro atoms. The van der Waals surface area contributed by atoms with Crippen LogP contribution in [0.25, 0.3) is 0 Å². The quantitative estimate of drug-likeness (QED) is 0.806. The second-order valence-corrected chi connectivity index (χ2v) is 8.85. The molecule has 2 heterocycles. The van der Waals surface area contributed by atoms with Gasteiger partial charge in [-0.2, -0.15) is 5.10 Å². The summed E-state index contributed by atoms with van der Waals surface area (Å²) in [5.41, 5.74) is 3.10. The maximum absolute atomic E-state index is 11.7. The summed E-state index contributed by atoms with van der Waals surface area (Å²) in [4.78, 5) is 2.00. The van der Waals surface area contributed by atoms with Crippen LogP contribution in [0, 0.1) is 13.8 Å². The molecule has 1 aromatic rings. The van der Waals surface area contributed by atoms with Crippen molar-refractivity contribution in [2.75, 3.05) is 25.1 Å². The zero-order chi connectivity index (χ0) is 17.2. The number of hydrogen-bond acceptors (Lipinski definition) is 4. The summed E-state index contributed by atoms with van der Waals surface area (Å²) < 4.78 is 25.3. The summed E-state index contributed by atoms with van der Waals surface area (Å²) >= 11 is 5.38. The van der Waals surface area contributed by atoms with E-state index in [4.69, 9.17) is 12.2 Å². The molecule has 1 atom stereocenters. The Balaban J connectivity index is 2.13. The Bertz CT molecular complexity index is 682. The first kappa shape index (κ1) is 18.2. The molecule has 0 radical (unpaired) electrons. The first-order chi connectivity index (χ1) is 10.7. The van der Waals surface area contributed by atoms with Gasteiger partial charge in [0.05, 0.1) is 23.2 Å². The number of rotatable bonds is 5. The fraction of sp³-hybridized carbons (Fsp3) is 0.733. The summed E-state index contributed by atoms with van der Waals surface area (Å²) in [6, 6.07) is -0.0390. The highest BCUT2D eigenvalue weighted by Crippen LogP contribution is 2.27. The van der Waals surface area contributed by atoms with Crippen LogP contribution in [0.4, 0.5) is 0 Å². The molecule has 1 saturated heterocycles. The van der Waals surface area contributed by atoms with Crippen LogP contribution in [0.1, 0.15) is 42.8 Å². The number of sulfone groups is 1. The minimum Gasteiger partial charge on any atom is -0.363 e. The molecule has 2 rings (SSSR count). The molecule has 1 aliphatic heterocycles. The molecule has 1 aliphatic rings. The van der Waals surface area contributed by atoms with Gasteiger partial charge in [0.1, 0.15) is 0 Å². The number of hydrogen-bond donors (Lipinski definition) is 1. The lowest BCUT2D eigenvalue weighted by Gasteiger charge is -2.21. The monoisotopic (exact) mass is 358 g/mol. The predicted octanol–water partition coefficient (Wildman–Crippen LogP) is 1.58. The first-order valence-electron chi connectivity index (χ1n) is 7.99. The summed E-state index contributed by atoms with van der Waals surface area (Å²) in [5.74, 6) is 0.455. The Morgan fingerprint density at radius 3 is 2.74 bits per heavy atom. The topological polar surface area (TPSA) is 67.2 Å². The Kier molecular flexibility index (Phi) is 5.67. The van der Waals surface area contributed by atoms with E-state index in [1.54, 1.807) is 0 Å². The number of aryl methyl sites for hydroxylation is 1. The van der Waals surface area contributed by atoms with E-state index in [-0.39, 0.29) is 17.5 Å². The molecule has 130 valence electrons. The zero-order valence-corrected chi connectivity index (χ0v) is 15.9. The Morgan fingerprint density at radius 2 is 2.17 bits per heavy atom. The van der Waals surface area contributed by atoms with E-state index in [0.29, 0.717) is 13.0 Å². The molecule has 0 saturated carbocycles.